The van der Waals surface area contributed by atoms with Crippen LogP contribution in [-0.4, -0.2) is 26.7 Å². The number of nitrogens with zero attached hydrogens (tertiary/aromatic N) is 2. The van der Waals surface area contributed by atoms with Gasteiger partial charge in [-0.3, -0.25) is 0 Å². The summed E-state index contributed by atoms with van der Waals surface area (Å²) in [5.41, 5.74) is 3.80. The fourth-order valence-corrected chi connectivity index (χ4v) is 8.24. The first-order chi connectivity index (χ1) is 17.9. The van der Waals surface area contributed by atoms with E-state index in [1.54, 1.807) is 36.7 Å². The van der Waals surface area contributed by atoms with Crippen LogP contribution in [0.5, 0.6) is 5.75 Å². The minimum absolute atomic E-state index is 0.404. The van der Waals surface area contributed by atoms with Gasteiger partial charge in [-0.2, -0.15) is 0 Å². The second-order valence-electron chi connectivity index (χ2n) is 9.54. The lowest BCUT2D eigenvalue weighted by atomic mass is 9.81. The molecule has 0 radical (unpaired) electrons. The van der Waals surface area contributed by atoms with E-state index < -0.39 is 15.1 Å². The van der Waals surface area contributed by atoms with Crippen LogP contribution in [0.25, 0.3) is 22.4 Å². The van der Waals surface area contributed by atoms with E-state index in [1.807, 2.05) is 48.5 Å². The van der Waals surface area contributed by atoms with Gasteiger partial charge in [0.2, 0.25) is 0 Å². The predicted molar refractivity (Wildman–Crippen MR) is 153 cm³/mol. The van der Waals surface area contributed by atoms with Gasteiger partial charge in [0.1, 0.15) is 21.4 Å². The normalized spacial score (nSPS) is 23.9. The molecule has 37 heavy (non-hydrogen) atoms. The van der Waals surface area contributed by atoms with Crippen LogP contribution < -0.4 is 20.8 Å². The minimum Gasteiger partial charge on any atom is -0.497 e. The Morgan fingerprint density at radius 1 is 0.757 bits per heavy atom. The van der Waals surface area contributed by atoms with Crippen molar-refractivity contribution in [2.45, 2.75) is 23.3 Å². The average Bonchev–Trinajstić information content (AvgIpc) is 3.48. The Bertz CT molecular complexity index is 1860. The molecule has 0 saturated heterocycles. The highest BCUT2D eigenvalue weighted by atomic mass is 32.2. The van der Waals surface area contributed by atoms with Gasteiger partial charge in [-0.15, -0.1) is 0 Å². The van der Waals surface area contributed by atoms with Gasteiger partial charge in [-0.05, 0) is 26.0 Å². The summed E-state index contributed by atoms with van der Waals surface area (Å²) in [5.74, 6) is 0.631. The van der Waals surface area contributed by atoms with Crippen LogP contribution in [0.2, 0.25) is 0 Å². The largest absolute Gasteiger partial charge is 0.497 e. The quantitative estimate of drug-likeness (QED) is 0.357. The second-order valence-corrected chi connectivity index (χ2v) is 12.4. The van der Waals surface area contributed by atoms with Crippen molar-refractivity contribution in [1.82, 2.24) is 0 Å². The Kier molecular flexibility index (Phi) is 4.88. The van der Waals surface area contributed by atoms with Crippen molar-refractivity contribution in [3.8, 4) is 5.75 Å². The number of fused-ring (bicyclic) bond motifs is 6. The fraction of sp³-hybridized carbons (Fsp3) is 0.167. The van der Waals surface area contributed by atoms with E-state index in [0.717, 1.165) is 43.2 Å². The van der Waals surface area contributed by atoms with E-state index in [2.05, 4.69) is 38.1 Å². The molecule has 0 fully saturated rings. The summed E-state index contributed by atoms with van der Waals surface area (Å²) in [7, 11) is 1.60. The van der Waals surface area contributed by atoms with E-state index in [4.69, 9.17) is 19.1 Å². The third kappa shape index (κ3) is 3.10. The van der Waals surface area contributed by atoms with Crippen LogP contribution >= 0.6 is 23.5 Å². The summed E-state index contributed by atoms with van der Waals surface area (Å²) >= 11 is 3.45. The molecule has 2 unspecified atom stereocenters. The molecule has 3 heterocycles. The Hall–Kier alpha value is -3.55. The Labute approximate surface area is 221 Å². The van der Waals surface area contributed by atoms with Crippen molar-refractivity contribution in [3.63, 3.8) is 0 Å². The lowest BCUT2D eigenvalue weighted by molar-refractivity contribution is 0.414. The van der Waals surface area contributed by atoms with Gasteiger partial charge in [-0.25, -0.2) is 14.8 Å². The number of methoxy groups -OCH3 is 1. The lowest BCUT2D eigenvalue weighted by Gasteiger charge is -2.42. The molecule has 1 aromatic heterocycles. The molecule has 7 rings (SSSR count). The number of thioether (sulfide) groups is 2. The molecule has 0 saturated carbocycles. The third-order valence-electron chi connectivity index (χ3n) is 7.47. The average molecular weight is 523 g/mol. The first-order valence-corrected chi connectivity index (χ1v) is 13.6. The SMILES string of the molecule is COc1ccc2c3c(c(=O)oc2c1)=C1N=C(c2ccccc2)SC1(C)C1(C)SC(c2ccccc2)=NC=31. The second kappa shape index (κ2) is 7.97. The summed E-state index contributed by atoms with van der Waals surface area (Å²) in [6, 6.07) is 26.0. The number of hydrogen-bond donors (Lipinski definition) is 0. The molecule has 1 aliphatic carbocycles. The van der Waals surface area contributed by atoms with Gasteiger partial charge in [0.05, 0.1) is 33.2 Å². The molecule has 0 amide bonds. The topological polar surface area (TPSA) is 64.2 Å². The van der Waals surface area contributed by atoms with Gasteiger partial charge >= 0.3 is 5.63 Å². The molecule has 5 nitrogen and oxygen atoms in total. The van der Waals surface area contributed by atoms with Crippen molar-refractivity contribution in [2.24, 2.45) is 9.98 Å². The van der Waals surface area contributed by atoms with Crippen molar-refractivity contribution >= 4 is 56.0 Å². The Balaban J connectivity index is 1.64. The monoisotopic (exact) mass is 522 g/mol. The summed E-state index contributed by atoms with van der Waals surface area (Å²) < 4.78 is 10.3. The molecule has 3 aromatic carbocycles. The molecular formula is C30H22N2O3S2. The highest BCUT2D eigenvalue weighted by Gasteiger charge is 2.60. The van der Waals surface area contributed by atoms with Gasteiger partial charge in [-0.1, -0.05) is 84.2 Å². The zero-order chi connectivity index (χ0) is 25.4. The molecule has 4 aromatic rings. The van der Waals surface area contributed by atoms with E-state index in [0.29, 0.717) is 16.6 Å². The first kappa shape index (κ1) is 22.6. The van der Waals surface area contributed by atoms with E-state index >= 15 is 0 Å². The van der Waals surface area contributed by atoms with Gasteiger partial charge in [0.15, 0.2) is 0 Å². The van der Waals surface area contributed by atoms with Gasteiger partial charge < -0.3 is 9.15 Å². The maximum Gasteiger partial charge on any atom is 0.346 e. The lowest BCUT2D eigenvalue weighted by Crippen LogP contribution is -2.57. The molecule has 2 atom stereocenters. The zero-order valence-electron chi connectivity index (χ0n) is 20.4. The number of hydrogen-bond acceptors (Lipinski definition) is 7. The number of aliphatic imine (C=N–C) groups is 2. The summed E-state index contributed by atoms with van der Waals surface area (Å²) in [6.07, 6.45) is 0. The molecule has 3 aliphatic rings. The van der Waals surface area contributed by atoms with Crippen LogP contribution in [0, 0.1) is 0 Å². The standard InChI is InChI=1S/C30H22N2O3S2/c1-29-24(31-26(36-29)17-10-6-4-7-11-17)22-20-15-14-19(34-3)16-21(20)35-28(33)23(22)25-30(29,2)37-27(32-25)18-12-8-5-9-13-18/h4-16H,1-3H3. The maximum absolute atomic E-state index is 13.7. The predicted octanol–water partition coefficient (Wildman–Crippen LogP) is 4.94. The van der Waals surface area contributed by atoms with Gasteiger partial charge in [0.25, 0.3) is 0 Å². The van der Waals surface area contributed by atoms with Crippen LogP contribution in [0.4, 0.5) is 0 Å². The minimum atomic E-state index is -0.542. The Morgan fingerprint density at radius 3 is 1.84 bits per heavy atom. The summed E-state index contributed by atoms with van der Waals surface area (Å²) in [6.45, 7) is 4.42. The summed E-state index contributed by atoms with van der Waals surface area (Å²) in [5, 5.41) is 3.98. The Morgan fingerprint density at radius 2 is 1.30 bits per heavy atom. The fourth-order valence-electron chi connectivity index (χ4n) is 5.36. The van der Waals surface area contributed by atoms with Crippen molar-refractivity contribution in [3.05, 3.63) is 111 Å². The van der Waals surface area contributed by atoms with Crippen molar-refractivity contribution < 1.29 is 9.15 Å². The molecule has 2 aliphatic heterocycles. The zero-order valence-corrected chi connectivity index (χ0v) is 22.1. The van der Waals surface area contributed by atoms with E-state index in [9.17, 15) is 4.79 Å². The highest BCUT2D eigenvalue weighted by Crippen LogP contribution is 2.61. The number of ether oxygens (including phenoxy) is 1. The van der Waals surface area contributed by atoms with Crippen LogP contribution in [0.15, 0.2) is 98.1 Å². The molecule has 182 valence electrons. The molecule has 0 spiro atoms. The van der Waals surface area contributed by atoms with E-state index in [1.165, 1.54) is 0 Å². The summed E-state index contributed by atoms with van der Waals surface area (Å²) in [4.78, 5) is 24.0. The number of benzene rings is 3. The van der Waals surface area contributed by atoms with Gasteiger partial charge in [0, 0.05) is 27.8 Å². The first-order valence-electron chi connectivity index (χ1n) is 12.0. The number of rotatable bonds is 3. The molecular weight excluding hydrogens is 500 g/mol. The molecule has 0 N–H and O–H groups in total. The van der Waals surface area contributed by atoms with Crippen LogP contribution in [-0.2, 0) is 0 Å². The highest BCUT2D eigenvalue weighted by molar-refractivity contribution is 8.20. The van der Waals surface area contributed by atoms with Crippen molar-refractivity contribution in [1.29, 1.82) is 0 Å². The third-order valence-corrected chi connectivity index (χ3v) is 10.7. The molecule has 7 heteroatoms. The van der Waals surface area contributed by atoms with Crippen LogP contribution in [0.3, 0.4) is 0 Å². The maximum atomic E-state index is 13.7. The van der Waals surface area contributed by atoms with Crippen LogP contribution in [0.1, 0.15) is 25.0 Å². The molecule has 0 bridgehead atoms. The van der Waals surface area contributed by atoms with Crippen molar-refractivity contribution in [2.75, 3.05) is 7.11 Å². The van der Waals surface area contributed by atoms with E-state index in [-0.39, 0.29) is 0 Å². The smallest absolute Gasteiger partial charge is 0.346 e.